The van der Waals surface area contributed by atoms with Gasteiger partial charge in [0.05, 0.1) is 7.11 Å². The average Bonchev–Trinajstić information content (AvgIpc) is 3.29. The van der Waals surface area contributed by atoms with Gasteiger partial charge in [-0.3, -0.25) is 9.59 Å². The smallest absolute Gasteiger partial charge is 0.318 e. The lowest BCUT2D eigenvalue weighted by molar-refractivity contribution is -0.124. The first-order valence-electron chi connectivity index (χ1n) is 13.0. The molecule has 0 aliphatic carbocycles. The zero-order chi connectivity index (χ0) is 26.1. The number of carbonyl (C=O) groups excluding carboxylic acids is 2. The van der Waals surface area contributed by atoms with Crippen molar-refractivity contribution in [2.24, 2.45) is 11.8 Å². The Labute approximate surface area is 216 Å². The van der Waals surface area contributed by atoms with Crippen molar-refractivity contribution in [2.75, 3.05) is 26.7 Å². The molecule has 0 radical (unpaired) electrons. The monoisotopic (exact) mass is 505 g/mol. The molecule has 2 bridgehead atoms. The Morgan fingerprint density at radius 3 is 2.73 bits per heavy atom. The van der Waals surface area contributed by atoms with Crippen LogP contribution >= 0.6 is 0 Å². The van der Waals surface area contributed by atoms with Crippen molar-refractivity contribution in [2.45, 2.75) is 45.3 Å². The number of hydrogen-bond donors (Lipinski definition) is 2. The van der Waals surface area contributed by atoms with E-state index in [4.69, 9.17) is 4.74 Å². The van der Waals surface area contributed by atoms with Crippen molar-refractivity contribution in [3.05, 3.63) is 64.7 Å². The molecule has 0 spiro atoms. The number of likely N-dealkylation sites (tertiary alicyclic amines) is 1. The molecule has 1 unspecified atom stereocenters. The van der Waals surface area contributed by atoms with E-state index in [9.17, 15) is 14.4 Å². The SMILES string of the molecule is COc1ccc2c(ccn2CCNC(=O)C(NC(=O)N2C[C@H]3C[C@@H](C2)c2cccc(=O)n2C3)C(C)C)c1. The summed E-state index contributed by atoms with van der Waals surface area (Å²) in [5.74, 6) is 0.933. The highest BCUT2D eigenvalue weighted by Gasteiger charge is 2.37. The summed E-state index contributed by atoms with van der Waals surface area (Å²) in [6.45, 7) is 6.70. The number of methoxy groups -OCH3 is 1. The number of nitrogens with zero attached hydrogens (tertiary/aromatic N) is 3. The summed E-state index contributed by atoms with van der Waals surface area (Å²) in [6.07, 6.45) is 2.97. The van der Waals surface area contributed by atoms with Crippen molar-refractivity contribution in [3.8, 4) is 5.75 Å². The third-order valence-corrected chi connectivity index (χ3v) is 7.63. The van der Waals surface area contributed by atoms with Gasteiger partial charge in [-0.1, -0.05) is 19.9 Å². The lowest BCUT2D eigenvalue weighted by Gasteiger charge is -2.43. The number of carbonyl (C=O) groups is 2. The van der Waals surface area contributed by atoms with Crippen LogP contribution in [0, 0.1) is 11.8 Å². The van der Waals surface area contributed by atoms with Crippen LogP contribution in [0.25, 0.3) is 10.9 Å². The molecule has 9 nitrogen and oxygen atoms in total. The van der Waals surface area contributed by atoms with Crippen LogP contribution < -0.4 is 20.9 Å². The minimum atomic E-state index is -0.630. The van der Waals surface area contributed by atoms with E-state index < -0.39 is 6.04 Å². The molecular formula is C28H35N5O4. The minimum Gasteiger partial charge on any atom is -0.497 e. The van der Waals surface area contributed by atoms with Gasteiger partial charge in [-0.25, -0.2) is 4.79 Å². The van der Waals surface area contributed by atoms with Crippen LogP contribution in [0.5, 0.6) is 5.75 Å². The minimum absolute atomic E-state index is 0.0225. The van der Waals surface area contributed by atoms with Crippen LogP contribution in [-0.4, -0.2) is 58.8 Å². The summed E-state index contributed by atoms with van der Waals surface area (Å²) in [6, 6.07) is 12.5. The van der Waals surface area contributed by atoms with E-state index in [0.29, 0.717) is 32.7 Å². The maximum Gasteiger partial charge on any atom is 0.318 e. The molecule has 5 rings (SSSR count). The summed E-state index contributed by atoms with van der Waals surface area (Å²) >= 11 is 0. The zero-order valence-electron chi connectivity index (χ0n) is 21.6. The second kappa shape index (κ2) is 10.3. The Morgan fingerprint density at radius 2 is 1.95 bits per heavy atom. The predicted molar refractivity (Wildman–Crippen MR) is 142 cm³/mol. The van der Waals surface area contributed by atoms with Crippen molar-refractivity contribution in [1.29, 1.82) is 0 Å². The van der Waals surface area contributed by atoms with Gasteiger partial charge in [0.2, 0.25) is 5.91 Å². The molecule has 9 heteroatoms. The third kappa shape index (κ3) is 5.08. The highest BCUT2D eigenvalue weighted by molar-refractivity contribution is 5.87. The molecule has 2 aliphatic heterocycles. The van der Waals surface area contributed by atoms with Crippen LogP contribution in [0.15, 0.2) is 53.5 Å². The van der Waals surface area contributed by atoms with Crippen molar-refractivity contribution in [3.63, 3.8) is 0 Å². The number of amides is 3. The summed E-state index contributed by atoms with van der Waals surface area (Å²) in [4.78, 5) is 40.4. The highest BCUT2D eigenvalue weighted by atomic mass is 16.5. The number of pyridine rings is 1. The molecule has 2 aromatic heterocycles. The van der Waals surface area contributed by atoms with Crippen LogP contribution in [0.4, 0.5) is 4.79 Å². The first-order valence-corrected chi connectivity index (χ1v) is 13.0. The van der Waals surface area contributed by atoms with E-state index in [1.165, 1.54) is 0 Å². The molecule has 1 fully saturated rings. The average molecular weight is 506 g/mol. The second-order valence-corrected chi connectivity index (χ2v) is 10.5. The quantitative estimate of drug-likeness (QED) is 0.516. The first-order chi connectivity index (χ1) is 17.8. The van der Waals surface area contributed by atoms with Crippen LogP contribution in [0.1, 0.15) is 31.9 Å². The molecule has 0 saturated carbocycles. The van der Waals surface area contributed by atoms with Crippen molar-refractivity contribution < 1.29 is 14.3 Å². The normalized spacial score (nSPS) is 19.4. The van der Waals surface area contributed by atoms with E-state index in [2.05, 4.69) is 15.2 Å². The van der Waals surface area contributed by atoms with Crippen molar-refractivity contribution >= 4 is 22.8 Å². The van der Waals surface area contributed by atoms with E-state index in [1.54, 1.807) is 19.2 Å². The van der Waals surface area contributed by atoms with Crippen LogP contribution in [0.2, 0.25) is 0 Å². The fourth-order valence-electron chi connectivity index (χ4n) is 5.73. The van der Waals surface area contributed by atoms with Crippen LogP contribution in [0.3, 0.4) is 0 Å². The number of ether oxygens (including phenoxy) is 1. The van der Waals surface area contributed by atoms with Gasteiger partial charge in [0.25, 0.3) is 5.56 Å². The number of hydrogen-bond acceptors (Lipinski definition) is 4. The van der Waals surface area contributed by atoms with Gasteiger partial charge >= 0.3 is 6.03 Å². The van der Waals surface area contributed by atoms with E-state index in [1.807, 2.05) is 59.8 Å². The van der Waals surface area contributed by atoms with Gasteiger partial charge < -0.3 is 29.4 Å². The third-order valence-electron chi connectivity index (χ3n) is 7.63. The van der Waals surface area contributed by atoms with E-state index >= 15 is 0 Å². The maximum absolute atomic E-state index is 13.2. The van der Waals surface area contributed by atoms with Gasteiger partial charge in [-0.15, -0.1) is 0 Å². The van der Waals surface area contributed by atoms with Gasteiger partial charge in [-0.05, 0) is 48.6 Å². The van der Waals surface area contributed by atoms with E-state index in [-0.39, 0.29) is 35.3 Å². The van der Waals surface area contributed by atoms with Crippen molar-refractivity contribution in [1.82, 2.24) is 24.7 Å². The lowest BCUT2D eigenvalue weighted by Crippen LogP contribution is -2.57. The molecule has 37 heavy (non-hydrogen) atoms. The molecule has 3 amide bonds. The molecule has 1 saturated heterocycles. The number of urea groups is 1. The number of nitrogens with one attached hydrogen (secondary N) is 2. The second-order valence-electron chi connectivity index (χ2n) is 10.5. The molecule has 4 heterocycles. The topological polar surface area (TPSA) is 97.6 Å². The Bertz CT molecular complexity index is 1360. The fraction of sp³-hybridized carbons (Fsp3) is 0.464. The summed E-state index contributed by atoms with van der Waals surface area (Å²) in [7, 11) is 1.65. The summed E-state index contributed by atoms with van der Waals surface area (Å²) in [5.41, 5.74) is 2.09. The fourth-order valence-corrected chi connectivity index (χ4v) is 5.73. The Hall–Kier alpha value is -3.75. The van der Waals surface area contributed by atoms with Gasteiger partial charge in [0.15, 0.2) is 0 Å². The zero-order valence-corrected chi connectivity index (χ0v) is 21.6. The molecule has 3 aromatic rings. The maximum atomic E-state index is 13.2. The molecule has 3 atom stereocenters. The largest absolute Gasteiger partial charge is 0.497 e. The standard InChI is InChI=1S/C28H35N5O4/c1-18(2)26(27(35)29-10-12-31-11-9-20-14-22(37-3)7-8-23(20)31)30-28(36)32-15-19-13-21(17-32)24-5-4-6-25(34)33(24)16-19/h4-9,11,14,18-19,21,26H,10,12-13,15-17H2,1-3H3,(H,29,35)(H,30,36)/t19-,21+,26?/m1/s1. The molecule has 2 N–H and O–H groups in total. The summed E-state index contributed by atoms with van der Waals surface area (Å²) in [5, 5.41) is 7.06. The Kier molecular flexibility index (Phi) is 6.95. The number of rotatable bonds is 7. The van der Waals surface area contributed by atoms with Crippen LogP contribution in [-0.2, 0) is 17.9 Å². The van der Waals surface area contributed by atoms with Gasteiger partial charge in [-0.2, -0.15) is 0 Å². The summed E-state index contributed by atoms with van der Waals surface area (Å²) < 4.78 is 9.23. The first kappa shape index (κ1) is 24.9. The van der Waals surface area contributed by atoms with Gasteiger partial charge in [0.1, 0.15) is 11.8 Å². The number of benzene rings is 1. The highest BCUT2D eigenvalue weighted by Crippen LogP contribution is 2.35. The lowest BCUT2D eigenvalue weighted by atomic mass is 9.83. The molecular weight excluding hydrogens is 470 g/mol. The van der Waals surface area contributed by atoms with Gasteiger partial charge in [0, 0.05) is 67.5 Å². The molecule has 2 aliphatic rings. The molecule has 1 aromatic carbocycles. The number of piperidine rings is 1. The molecule has 196 valence electrons. The predicted octanol–water partition coefficient (Wildman–Crippen LogP) is 2.78. The Balaban J connectivity index is 1.18. The van der Waals surface area contributed by atoms with E-state index in [0.717, 1.165) is 28.8 Å². The number of aromatic nitrogens is 2. The Morgan fingerprint density at radius 1 is 1.11 bits per heavy atom. The number of fused-ring (bicyclic) bond motifs is 5.